The van der Waals surface area contributed by atoms with Gasteiger partial charge in [-0.3, -0.25) is 10.1 Å². The molecular weight excluding hydrogens is 266 g/mol. The first kappa shape index (κ1) is 13.7. The maximum Gasteiger partial charge on any atom is 0.275 e. The standard InChI is InChI=1S/C13H15NO4S/c1-7-8(2)13(14(15)16)9(3)12-10(7)5-6-11(12)19(4,17)18/h5-6,11H,1-4H3. The van der Waals surface area contributed by atoms with E-state index in [4.69, 9.17) is 0 Å². The summed E-state index contributed by atoms with van der Waals surface area (Å²) < 4.78 is 23.6. The average molecular weight is 281 g/mol. The molecule has 0 N–H and O–H groups in total. The number of benzene rings is 1. The zero-order valence-electron chi connectivity index (χ0n) is 11.2. The summed E-state index contributed by atoms with van der Waals surface area (Å²) in [5, 5.41) is 10.4. The summed E-state index contributed by atoms with van der Waals surface area (Å²) in [5.41, 5.74) is 3.19. The van der Waals surface area contributed by atoms with E-state index < -0.39 is 20.0 Å². The molecule has 1 aromatic rings. The van der Waals surface area contributed by atoms with Gasteiger partial charge in [0.25, 0.3) is 5.69 Å². The van der Waals surface area contributed by atoms with Gasteiger partial charge in [-0.2, -0.15) is 0 Å². The van der Waals surface area contributed by atoms with Crippen molar-refractivity contribution in [2.45, 2.75) is 26.0 Å². The first-order chi connectivity index (χ1) is 8.66. The molecule has 2 rings (SSSR count). The highest BCUT2D eigenvalue weighted by Gasteiger charge is 2.34. The van der Waals surface area contributed by atoms with Gasteiger partial charge >= 0.3 is 0 Å². The number of nitro groups is 1. The fourth-order valence-electron chi connectivity index (χ4n) is 2.68. The van der Waals surface area contributed by atoms with E-state index in [1.54, 1.807) is 32.9 Å². The van der Waals surface area contributed by atoms with Gasteiger partial charge in [0.2, 0.25) is 0 Å². The Balaban J connectivity index is 2.87. The first-order valence-electron chi connectivity index (χ1n) is 5.81. The summed E-state index contributed by atoms with van der Waals surface area (Å²) >= 11 is 0. The van der Waals surface area contributed by atoms with Crippen LogP contribution in [0.15, 0.2) is 6.08 Å². The Hall–Kier alpha value is -1.69. The number of sulfone groups is 1. The Morgan fingerprint density at radius 3 is 2.21 bits per heavy atom. The Labute approximate surface area is 112 Å². The minimum atomic E-state index is -3.32. The van der Waals surface area contributed by atoms with Gasteiger partial charge < -0.3 is 0 Å². The summed E-state index contributed by atoms with van der Waals surface area (Å²) in [6.07, 6.45) is 4.50. The third-order valence-corrected chi connectivity index (χ3v) is 5.05. The number of nitro benzene ring substituents is 1. The van der Waals surface area contributed by atoms with Crippen LogP contribution in [0.1, 0.15) is 33.1 Å². The molecule has 102 valence electrons. The average Bonchev–Trinajstić information content (AvgIpc) is 2.70. The van der Waals surface area contributed by atoms with Crippen LogP contribution in [0.3, 0.4) is 0 Å². The molecule has 1 aliphatic rings. The van der Waals surface area contributed by atoms with Crippen molar-refractivity contribution in [2.24, 2.45) is 0 Å². The summed E-state index contributed by atoms with van der Waals surface area (Å²) in [6.45, 7) is 5.10. The van der Waals surface area contributed by atoms with Crippen molar-refractivity contribution in [2.75, 3.05) is 6.26 Å². The van der Waals surface area contributed by atoms with Crippen molar-refractivity contribution in [3.05, 3.63) is 44.0 Å². The van der Waals surface area contributed by atoms with E-state index in [2.05, 4.69) is 0 Å². The van der Waals surface area contributed by atoms with Gasteiger partial charge in [0.1, 0.15) is 5.25 Å². The summed E-state index contributed by atoms with van der Waals surface area (Å²) in [6, 6.07) is 0. The molecule has 19 heavy (non-hydrogen) atoms. The zero-order valence-corrected chi connectivity index (χ0v) is 12.0. The lowest BCUT2D eigenvalue weighted by Crippen LogP contribution is -2.11. The zero-order chi connectivity index (χ0) is 14.5. The smallest absolute Gasteiger partial charge is 0.258 e. The van der Waals surface area contributed by atoms with Gasteiger partial charge in [0.15, 0.2) is 9.84 Å². The quantitative estimate of drug-likeness (QED) is 0.616. The van der Waals surface area contributed by atoms with Gasteiger partial charge in [-0.05, 0) is 37.5 Å². The molecule has 5 nitrogen and oxygen atoms in total. The van der Waals surface area contributed by atoms with Crippen molar-refractivity contribution < 1.29 is 13.3 Å². The molecule has 0 amide bonds. The van der Waals surface area contributed by atoms with Gasteiger partial charge in [-0.25, -0.2) is 8.42 Å². The third-order valence-electron chi connectivity index (χ3n) is 3.74. The van der Waals surface area contributed by atoms with Crippen LogP contribution in [0.4, 0.5) is 5.69 Å². The fourth-order valence-corrected chi connectivity index (χ4v) is 3.78. The van der Waals surface area contributed by atoms with Crippen molar-refractivity contribution in [1.82, 2.24) is 0 Å². The van der Waals surface area contributed by atoms with Crippen LogP contribution in [0.5, 0.6) is 0 Å². The summed E-state index contributed by atoms with van der Waals surface area (Å²) in [4.78, 5) is 10.8. The topological polar surface area (TPSA) is 77.3 Å². The monoisotopic (exact) mass is 281 g/mol. The third kappa shape index (κ3) is 1.96. The molecule has 0 spiro atoms. The molecule has 0 heterocycles. The highest BCUT2D eigenvalue weighted by molar-refractivity contribution is 7.91. The molecule has 0 fully saturated rings. The second-order valence-electron chi connectivity index (χ2n) is 4.92. The molecule has 0 bridgehead atoms. The minimum Gasteiger partial charge on any atom is -0.258 e. The molecule has 0 saturated heterocycles. The molecular formula is C13H15NO4S. The van der Waals surface area contributed by atoms with E-state index in [1.807, 2.05) is 0 Å². The predicted octanol–water partition coefficient (Wildman–Crippen LogP) is 2.63. The molecule has 0 aliphatic heterocycles. The number of fused-ring (bicyclic) bond motifs is 1. The van der Waals surface area contributed by atoms with Gasteiger partial charge in [0.05, 0.1) is 4.92 Å². The maximum atomic E-state index is 11.8. The Kier molecular flexibility index (Phi) is 3.01. The van der Waals surface area contributed by atoms with Crippen LogP contribution in [-0.2, 0) is 9.84 Å². The van der Waals surface area contributed by atoms with E-state index in [0.29, 0.717) is 16.7 Å². The molecule has 1 aliphatic carbocycles. The van der Waals surface area contributed by atoms with E-state index in [9.17, 15) is 18.5 Å². The van der Waals surface area contributed by atoms with Crippen LogP contribution >= 0.6 is 0 Å². The van der Waals surface area contributed by atoms with Crippen molar-refractivity contribution in [3.63, 3.8) is 0 Å². The van der Waals surface area contributed by atoms with Gasteiger partial charge in [-0.1, -0.05) is 12.2 Å². The molecule has 0 radical (unpaired) electrons. The molecule has 1 atom stereocenters. The number of nitrogens with zero attached hydrogens (tertiary/aromatic N) is 1. The van der Waals surface area contributed by atoms with Crippen molar-refractivity contribution in [3.8, 4) is 0 Å². The van der Waals surface area contributed by atoms with E-state index in [-0.39, 0.29) is 5.69 Å². The summed E-state index contributed by atoms with van der Waals surface area (Å²) in [7, 11) is -3.32. The fraction of sp³-hybridized carbons (Fsp3) is 0.385. The highest BCUT2D eigenvalue weighted by atomic mass is 32.2. The van der Waals surface area contributed by atoms with Crippen LogP contribution in [0.2, 0.25) is 0 Å². The van der Waals surface area contributed by atoms with Crippen molar-refractivity contribution >= 4 is 21.6 Å². The predicted molar refractivity (Wildman–Crippen MR) is 73.9 cm³/mol. The molecule has 0 saturated carbocycles. The van der Waals surface area contributed by atoms with Crippen LogP contribution in [-0.4, -0.2) is 19.6 Å². The largest absolute Gasteiger partial charge is 0.275 e. The lowest BCUT2D eigenvalue weighted by Gasteiger charge is -2.16. The van der Waals surface area contributed by atoms with E-state index in [1.165, 1.54) is 0 Å². The molecule has 1 aromatic carbocycles. The SMILES string of the molecule is Cc1c(C)c([N+](=O)[O-])c(C)c2c1C=CC2S(C)(=O)=O. The molecule has 6 heteroatoms. The van der Waals surface area contributed by atoms with Crippen LogP contribution in [0.25, 0.3) is 6.08 Å². The molecule has 0 aromatic heterocycles. The van der Waals surface area contributed by atoms with E-state index >= 15 is 0 Å². The Bertz CT molecular complexity index is 717. The second kappa shape index (κ2) is 4.16. The number of rotatable bonds is 2. The van der Waals surface area contributed by atoms with Gasteiger partial charge in [-0.15, -0.1) is 0 Å². The number of hydrogen-bond acceptors (Lipinski definition) is 4. The van der Waals surface area contributed by atoms with Crippen LogP contribution in [0, 0.1) is 30.9 Å². The number of hydrogen-bond donors (Lipinski definition) is 0. The van der Waals surface area contributed by atoms with Crippen LogP contribution < -0.4 is 0 Å². The van der Waals surface area contributed by atoms with Gasteiger partial charge in [0, 0.05) is 17.4 Å². The molecule has 1 unspecified atom stereocenters. The lowest BCUT2D eigenvalue weighted by molar-refractivity contribution is -0.386. The Morgan fingerprint density at radius 2 is 1.74 bits per heavy atom. The summed E-state index contributed by atoms with van der Waals surface area (Å²) in [5.74, 6) is 0. The lowest BCUT2D eigenvalue weighted by atomic mass is 9.93. The minimum absolute atomic E-state index is 0.0219. The second-order valence-corrected chi connectivity index (χ2v) is 7.08. The Morgan fingerprint density at radius 1 is 1.16 bits per heavy atom. The first-order valence-corrected chi connectivity index (χ1v) is 7.76. The van der Waals surface area contributed by atoms with Crippen molar-refractivity contribution in [1.29, 1.82) is 0 Å². The van der Waals surface area contributed by atoms with E-state index in [0.717, 1.165) is 17.4 Å². The maximum absolute atomic E-state index is 11.8. The highest BCUT2D eigenvalue weighted by Crippen LogP contribution is 2.43. The normalized spacial score (nSPS) is 17.6.